The van der Waals surface area contributed by atoms with Gasteiger partial charge >= 0.3 is 0 Å². The number of nitrogens with one attached hydrogen (secondary N) is 2. The highest BCUT2D eigenvalue weighted by Gasteiger charge is 2.46. The first-order valence-electron chi connectivity index (χ1n) is 18.9. The van der Waals surface area contributed by atoms with Gasteiger partial charge in [-0.3, -0.25) is 29.4 Å². The van der Waals surface area contributed by atoms with E-state index in [0.717, 1.165) is 29.0 Å². The van der Waals surface area contributed by atoms with Crippen molar-refractivity contribution in [3.8, 4) is 17.0 Å². The summed E-state index contributed by atoms with van der Waals surface area (Å²) in [6.07, 6.45) is 1.25. The Hall–Kier alpha value is -5.76. The van der Waals surface area contributed by atoms with Gasteiger partial charge in [0.1, 0.15) is 29.9 Å². The fraction of sp³-hybridized carbons (Fsp3) is 0.381. The molecule has 4 amide bonds. The molecule has 0 radical (unpaired) electrons. The lowest BCUT2D eigenvalue weighted by Crippen LogP contribution is -2.54. The molecular weight excluding hydrogens is 721 g/mol. The van der Waals surface area contributed by atoms with Gasteiger partial charge < -0.3 is 20.7 Å². The fourth-order valence-electron chi connectivity index (χ4n) is 7.99. The third-order valence-electron chi connectivity index (χ3n) is 10.5. The zero-order valence-electron chi connectivity index (χ0n) is 31.6. The van der Waals surface area contributed by atoms with Crippen molar-refractivity contribution in [1.82, 2.24) is 20.2 Å². The number of halogens is 2. The van der Waals surface area contributed by atoms with Crippen LogP contribution in [0, 0.1) is 5.92 Å². The van der Waals surface area contributed by atoms with Crippen LogP contribution < -0.4 is 26.0 Å². The maximum Gasteiger partial charge on any atom is 0.284 e. The summed E-state index contributed by atoms with van der Waals surface area (Å²) < 4.78 is 34.0. The van der Waals surface area contributed by atoms with Crippen LogP contribution in [0.2, 0.25) is 0 Å². The van der Waals surface area contributed by atoms with Gasteiger partial charge in [0.2, 0.25) is 11.8 Å². The fourth-order valence-corrected chi connectivity index (χ4v) is 7.99. The first-order valence-corrected chi connectivity index (χ1v) is 18.9. The number of nitrogens with two attached hydrogens (primary N) is 1. The Kier molecular flexibility index (Phi) is 10.8. The average molecular weight is 766 g/mol. The standard InChI is InChI=1S/C42H45F2N7O5/c1-24(2)22-42(3,45)23-56-33-13-11-30(48-37(33)38(43)44)27-15-18-46-34(21-27)47-28-9-7-25(8-10-28)26-16-19-50(20-17-26)31-6-4-5-29-36(31)41(55)51(40(29)54)32-12-14-35(52)49-39(32)53/h4-11,13,15,18,21,24,26,32,38H,12,14,16-17,19-20,22-23,45H2,1-3H3,(H,46,47)(H,49,52,53)/t32?,42-/m0/s1. The Morgan fingerprint density at radius 2 is 1.73 bits per heavy atom. The maximum atomic E-state index is 14.1. The lowest BCUT2D eigenvalue weighted by Gasteiger charge is -2.35. The molecule has 3 aliphatic rings. The van der Waals surface area contributed by atoms with Gasteiger partial charge in [0.15, 0.2) is 0 Å². The normalized spacial score (nSPS) is 18.7. The molecule has 4 N–H and O–H groups in total. The first kappa shape index (κ1) is 38.5. The van der Waals surface area contributed by atoms with Crippen LogP contribution in [0.15, 0.2) is 72.9 Å². The van der Waals surface area contributed by atoms with Crippen molar-refractivity contribution >= 4 is 40.8 Å². The minimum atomic E-state index is -2.84. The second-order valence-electron chi connectivity index (χ2n) is 15.5. The second-order valence-corrected chi connectivity index (χ2v) is 15.5. The number of hydrogen-bond donors (Lipinski definition) is 3. The molecule has 292 valence electrons. The molecule has 2 aromatic carbocycles. The number of amides is 4. The van der Waals surface area contributed by atoms with E-state index in [-0.39, 0.29) is 36.7 Å². The molecule has 3 aliphatic heterocycles. The summed E-state index contributed by atoms with van der Waals surface area (Å²) in [5.41, 5.74) is 9.40. The lowest BCUT2D eigenvalue weighted by molar-refractivity contribution is -0.136. The molecule has 0 spiro atoms. The molecule has 0 saturated carbocycles. The highest BCUT2D eigenvalue weighted by molar-refractivity contribution is 6.25. The van der Waals surface area contributed by atoms with Crippen molar-refractivity contribution in [2.24, 2.45) is 11.7 Å². The number of rotatable bonds is 12. The SMILES string of the molecule is CC(C)C[C@](C)(N)COc1ccc(-c2ccnc(Nc3ccc(C4CCN(c5cccc6c5C(=O)N(C5CCC(=O)NC5=O)C6=O)CC4)cc3)c2)nc1C(F)F. The van der Waals surface area contributed by atoms with Crippen molar-refractivity contribution in [3.63, 3.8) is 0 Å². The van der Waals surface area contributed by atoms with E-state index in [1.54, 1.807) is 36.5 Å². The molecule has 2 saturated heterocycles. The molecule has 1 unspecified atom stereocenters. The van der Waals surface area contributed by atoms with Crippen LogP contribution in [-0.4, -0.2) is 69.8 Å². The number of piperidine rings is 2. The van der Waals surface area contributed by atoms with Gasteiger partial charge in [0, 0.05) is 42.5 Å². The molecule has 14 heteroatoms. The van der Waals surface area contributed by atoms with E-state index in [1.165, 1.54) is 6.07 Å². The molecule has 2 aromatic heterocycles. The van der Waals surface area contributed by atoms with Crippen molar-refractivity contribution < 1.29 is 32.7 Å². The van der Waals surface area contributed by atoms with E-state index >= 15 is 0 Å². The Bertz CT molecular complexity index is 2150. The number of ether oxygens (including phenoxy) is 1. The highest BCUT2D eigenvalue weighted by Crippen LogP contribution is 2.38. The van der Waals surface area contributed by atoms with Crippen molar-refractivity contribution in [2.45, 2.75) is 76.8 Å². The molecule has 0 bridgehead atoms. The average Bonchev–Trinajstić information content (AvgIpc) is 3.42. The Morgan fingerprint density at radius 3 is 2.43 bits per heavy atom. The minimum absolute atomic E-state index is 0.0101. The summed E-state index contributed by atoms with van der Waals surface area (Å²) in [6, 6.07) is 18.9. The largest absolute Gasteiger partial charge is 0.490 e. The van der Waals surface area contributed by atoms with Gasteiger partial charge in [-0.2, -0.15) is 0 Å². The number of imide groups is 2. The van der Waals surface area contributed by atoms with Crippen LogP contribution in [0.4, 0.5) is 26.0 Å². The summed E-state index contributed by atoms with van der Waals surface area (Å²) in [4.78, 5) is 63.0. The second kappa shape index (κ2) is 15.8. The van der Waals surface area contributed by atoms with Gasteiger partial charge in [-0.1, -0.05) is 32.0 Å². The van der Waals surface area contributed by atoms with E-state index in [0.29, 0.717) is 53.8 Å². The summed E-state index contributed by atoms with van der Waals surface area (Å²) in [5, 5.41) is 5.54. The Labute approximate surface area is 323 Å². The number of aromatic nitrogens is 2. The van der Waals surface area contributed by atoms with Gasteiger partial charge in [-0.25, -0.2) is 18.7 Å². The number of anilines is 3. The van der Waals surface area contributed by atoms with E-state index in [4.69, 9.17) is 10.5 Å². The van der Waals surface area contributed by atoms with Gasteiger partial charge in [-0.05, 0) is 98.5 Å². The maximum absolute atomic E-state index is 14.1. The van der Waals surface area contributed by atoms with Crippen LogP contribution in [0.3, 0.4) is 0 Å². The number of hydrogen-bond acceptors (Lipinski definition) is 10. The summed E-state index contributed by atoms with van der Waals surface area (Å²) >= 11 is 0. The molecule has 7 rings (SSSR count). The monoisotopic (exact) mass is 765 g/mol. The molecular formula is C42H45F2N7O5. The number of benzene rings is 2. The first-order chi connectivity index (χ1) is 26.8. The summed E-state index contributed by atoms with van der Waals surface area (Å²) in [5.74, 6) is -0.935. The van der Waals surface area contributed by atoms with Crippen molar-refractivity contribution in [2.75, 3.05) is 29.9 Å². The van der Waals surface area contributed by atoms with E-state index in [1.807, 2.05) is 39.0 Å². The summed E-state index contributed by atoms with van der Waals surface area (Å²) in [7, 11) is 0. The van der Waals surface area contributed by atoms with Crippen LogP contribution in [0.1, 0.15) is 97.2 Å². The summed E-state index contributed by atoms with van der Waals surface area (Å²) in [6.45, 7) is 7.34. The smallest absolute Gasteiger partial charge is 0.284 e. The molecule has 2 fully saturated rings. The minimum Gasteiger partial charge on any atom is -0.490 e. The number of nitrogens with zero attached hydrogens (tertiary/aromatic N) is 4. The molecule has 4 aromatic rings. The zero-order chi connectivity index (χ0) is 39.7. The van der Waals surface area contributed by atoms with Crippen molar-refractivity contribution in [3.05, 3.63) is 95.3 Å². The van der Waals surface area contributed by atoms with Crippen LogP contribution >= 0.6 is 0 Å². The topological polar surface area (TPSA) is 160 Å². The molecule has 56 heavy (non-hydrogen) atoms. The predicted molar refractivity (Wildman–Crippen MR) is 207 cm³/mol. The van der Waals surface area contributed by atoms with Gasteiger partial charge in [0.05, 0.1) is 22.5 Å². The van der Waals surface area contributed by atoms with E-state index in [9.17, 15) is 28.0 Å². The van der Waals surface area contributed by atoms with Crippen molar-refractivity contribution in [1.29, 1.82) is 0 Å². The lowest BCUT2D eigenvalue weighted by atomic mass is 9.89. The highest BCUT2D eigenvalue weighted by atomic mass is 19.3. The molecule has 5 heterocycles. The number of carbonyl (C=O) groups is 4. The molecule has 2 atom stereocenters. The Balaban J connectivity index is 0.979. The molecule has 0 aliphatic carbocycles. The number of alkyl halides is 2. The van der Waals surface area contributed by atoms with Crippen LogP contribution in [-0.2, 0) is 9.59 Å². The number of carbonyl (C=O) groups excluding carboxylic acids is 4. The third-order valence-corrected chi connectivity index (χ3v) is 10.5. The Morgan fingerprint density at radius 1 is 0.982 bits per heavy atom. The van der Waals surface area contributed by atoms with E-state index in [2.05, 4.69) is 37.6 Å². The number of fused-ring (bicyclic) bond motifs is 1. The predicted octanol–water partition coefficient (Wildman–Crippen LogP) is 6.75. The van der Waals surface area contributed by atoms with Crippen LogP contribution in [0.5, 0.6) is 5.75 Å². The van der Waals surface area contributed by atoms with Gasteiger partial charge in [-0.15, -0.1) is 0 Å². The van der Waals surface area contributed by atoms with E-state index < -0.39 is 47.3 Å². The van der Waals surface area contributed by atoms with Crippen LogP contribution in [0.25, 0.3) is 11.3 Å². The zero-order valence-corrected chi connectivity index (χ0v) is 31.6. The quantitative estimate of drug-likeness (QED) is 0.132. The molecule has 12 nitrogen and oxygen atoms in total. The number of pyridine rings is 2. The van der Waals surface area contributed by atoms with Gasteiger partial charge in [0.25, 0.3) is 18.2 Å². The third kappa shape index (κ3) is 8.11.